The number of hydrogen-bond donors (Lipinski definition) is 0. The van der Waals surface area contributed by atoms with Gasteiger partial charge in [0.15, 0.2) is 6.10 Å². The summed E-state index contributed by atoms with van der Waals surface area (Å²) in [5.74, 6) is -0.774. The molecule has 0 saturated carbocycles. The van der Waals surface area contributed by atoms with Crippen LogP contribution in [0.4, 0.5) is 5.69 Å². The second-order valence-corrected chi connectivity index (χ2v) is 10.5. The molecule has 2 aromatic rings. The number of rotatable bonds is 7. The molecule has 1 fully saturated rings. The number of fused-ring (bicyclic) bond motifs is 1. The molecule has 0 unspecified atom stereocenters. The first-order valence-corrected chi connectivity index (χ1v) is 13.3. The average Bonchev–Trinajstić information content (AvgIpc) is 2.91. The molecule has 192 valence electrons. The zero-order chi connectivity index (χ0) is 25.7. The predicted molar refractivity (Wildman–Crippen MR) is 134 cm³/mol. The van der Waals surface area contributed by atoms with Crippen LogP contribution in [0.2, 0.25) is 0 Å². The SMILES string of the molecule is COc1ccc(/C=C/C(=O)O[C@H](C)C(=O)N2CCCc3ccccc32)cc1S(=O)(=O)N1CCOCC1. The molecule has 0 N–H and O–H groups in total. The zero-order valence-corrected chi connectivity index (χ0v) is 21.2. The number of anilines is 1. The maximum Gasteiger partial charge on any atom is 0.331 e. The third-order valence-corrected chi connectivity index (χ3v) is 8.12. The van der Waals surface area contributed by atoms with Gasteiger partial charge < -0.3 is 19.1 Å². The first-order valence-electron chi connectivity index (χ1n) is 11.8. The Morgan fingerprint density at radius 1 is 1.08 bits per heavy atom. The average molecular weight is 515 g/mol. The maximum atomic E-state index is 13.1. The fourth-order valence-corrected chi connectivity index (χ4v) is 5.93. The van der Waals surface area contributed by atoms with Crippen LogP contribution in [0.1, 0.15) is 24.5 Å². The second-order valence-electron chi connectivity index (χ2n) is 8.56. The molecule has 0 aliphatic carbocycles. The second kappa shape index (κ2) is 11.2. The van der Waals surface area contributed by atoms with Gasteiger partial charge in [-0.2, -0.15) is 4.31 Å². The largest absolute Gasteiger partial charge is 0.495 e. The van der Waals surface area contributed by atoms with Crippen molar-refractivity contribution in [3.63, 3.8) is 0 Å². The number of carbonyl (C=O) groups is 2. The van der Waals surface area contributed by atoms with E-state index < -0.39 is 22.1 Å². The lowest BCUT2D eigenvalue weighted by atomic mass is 10.0. The molecule has 1 amide bonds. The molecule has 2 heterocycles. The predicted octanol–water partition coefficient (Wildman–Crippen LogP) is 2.64. The summed E-state index contributed by atoms with van der Waals surface area (Å²) in [6.45, 7) is 3.28. The minimum Gasteiger partial charge on any atom is -0.495 e. The van der Waals surface area contributed by atoms with Gasteiger partial charge in [0.1, 0.15) is 10.6 Å². The van der Waals surface area contributed by atoms with E-state index in [-0.39, 0.29) is 29.6 Å². The molecule has 1 saturated heterocycles. The van der Waals surface area contributed by atoms with Gasteiger partial charge in [-0.15, -0.1) is 0 Å². The molecule has 10 heteroatoms. The molecular weight excluding hydrogens is 484 g/mol. The fraction of sp³-hybridized carbons (Fsp3) is 0.385. The standard InChI is InChI=1S/C26H30N2O7S/c1-19(26(30)28-13-5-7-21-6-3-4-8-22(21)28)35-25(29)12-10-20-9-11-23(33-2)24(18-20)36(31,32)27-14-16-34-17-15-27/h3-4,6,8-12,18-19H,5,7,13-17H2,1-2H3/b12-10+/t19-/m1/s1. The van der Waals surface area contributed by atoms with Crippen LogP contribution < -0.4 is 9.64 Å². The Hall–Kier alpha value is -3.21. The van der Waals surface area contributed by atoms with Crippen molar-refractivity contribution in [1.82, 2.24) is 4.31 Å². The van der Waals surface area contributed by atoms with E-state index in [2.05, 4.69) is 0 Å². The molecule has 2 aliphatic rings. The van der Waals surface area contributed by atoms with Gasteiger partial charge in [0, 0.05) is 31.4 Å². The lowest BCUT2D eigenvalue weighted by Crippen LogP contribution is -2.42. The van der Waals surface area contributed by atoms with Crippen LogP contribution in [0.15, 0.2) is 53.4 Å². The Bertz CT molecular complexity index is 1250. The molecule has 0 bridgehead atoms. The molecule has 9 nitrogen and oxygen atoms in total. The van der Waals surface area contributed by atoms with E-state index in [1.54, 1.807) is 17.9 Å². The van der Waals surface area contributed by atoms with Gasteiger partial charge in [0.05, 0.1) is 20.3 Å². The van der Waals surface area contributed by atoms with Crippen LogP contribution in [-0.4, -0.2) is 70.7 Å². The number of para-hydroxylation sites is 1. The Labute approximate surface area is 211 Å². The summed E-state index contributed by atoms with van der Waals surface area (Å²) in [7, 11) is -2.40. The fourth-order valence-electron chi connectivity index (χ4n) is 4.33. The topological polar surface area (TPSA) is 102 Å². The van der Waals surface area contributed by atoms with Crippen LogP contribution in [0.3, 0.4) is 0 Å². The van der Waals surface area contributed by atoms with E-state index in [1.807, 2.05) is 24.3 Å². The van der Waals surface area contributed by atoms with Crippen molar-refractivity contribution in [2.45, 2.75) is 30.8 Å². The van der Waals surface area contributed by atoms with Crippen LogP contribution in [0.25, 0.3) is 6.08 Å². The third-order valence-electron chi connectivity index (χ3n) is 6.20. The van der Waals surface area contributed by atoms with Crippen molar-refractivity contribution >= 4 is 33.7 Å². The van der Waals surface area contributed by atoms with Crippen molar-refractivity contribution in [2.24, 2.45) is 0 Å². The monoisotopic (exact) mass is 514 g/mol. The van der Waals surface area contributed by atoms with Gasteiger partial charge in [-0.25, -0.2) is 13.2 Å². The number of benzene rings is 2. The maximum absolute atomic E-state index is 13.1. The van der Waals surface area contributed by atoms with E-state index >= 15 is 0 Å². The minimum absolute atomic E-state index is 0.00901. The molecular formula is C26H30N2O7S. The van der Waals surface area contributed by atoms with Crippen molar-refractivity contribution in [2.75, 3.05) is 44.9 Å². The van der Waals surface area contributed by atoms with Crippen LogP contribution >= 0.6 is 0 Å². The number of ether oxygens (including phenoxy) is 3. The van der Waals surface area contributed by atoms with Gasteiger partial charge in [-0.05, 0) is 55.2 Å². The zero-order valence-electron chi connectivity index (χ0n) is 20.4. The lowest BCUT2D eigenvalue weighted by molar-refractivity contribution is -0.149. The van der Waals surface area contributed by atoms with Crippen molar-refractivity contribution < 1.29 is 32.2 Å². The molecule has 2 aliphatic heterocycles. The highest BCUT2D eigenvalue weighted by atomic mass is 32.2. The van der Waals surface area contributed by atoms with Crippen molar-refractivity contribution in [1.29, 1.82) is 0 Å². The molecule has 0 spiro atoms. The summed E-state index contributed by atoms with van der Waals surface area (Å²) < 4.78 is 43.5. The van der Waals surface area contributed by atoms with E-state index in [0.29, 0.717) is 25.3 Å². The smallest absolute Gasteiger partial charge is 0.331 e. The summed E-state index contributed by atoms with van der Waals surface area (Å²) in [5.41, 5.74) is 2.42. The van der Waals surface area contributed by atoms with E-state index in [9.17, 15) is 18.0 Å². The van der Waals surface area contributed by atoms with E-state index in [1.165, 1.54) is 35.7 Å². The Morgan fingerprint density at radius 2 is 1.83 bits per heavy atom. The summed E-state index contributed by atoms with van der Waals surface area (Å²) in [4.78, 5) is 27.1. The molecule has 36 heavy (non-hydrogen) atoms. The van der Waals surface area contributed by atoms with Crippen LogP contribution in [0, 0.1) is 0 Å². The number of aryl methyl sites for hydroxylation is 1. The summed E-state index contributed by atoms with van der Waals surface area (Å²) >= 11 is 0. The Kier molecular flexibility index (Phi) is 8.07. The number of hydrogen-bond acceptors (Lipinski definition) is 7. The first-order chi connectivity index (χ1) is 17.3. The normalized spacial score (nSPS) is 17.4. The third kappa shape index (κ3) is 5.61. The van der Waals surface area contributed by atoms with Gasteiger partial charge in [-0.1, -0.05) is 24.3 Å². The number of nitrogens with zero attached hydrogens (tertiary/aromatic N) is 2. The first kappa shape index (κ1) is 25.9. The highest BCUT2D eigenvalue weighted by Crippen LogP contribution is 2.29. The molecule has 1 atom stereocenters. The number of methoxy groups -OCH3 is 1. The molecule has 4 rings (SSSR count). The number of esters is 1. The van der Waals surface area contributed by atoms with Crippen LogP contribution in [-0.2, 0) is 35.5 Å². The highest BCUT2D eigenvalue weighted by Gasteiger charge is 2.30. The van der Waals surface area contributed by atoms with Crippen molar-refractivity contribution in [3.8, 4) is 5.75 Å². The number of morpholine rings is 1. The van der Waals surface area contributed by atoms with Gasteiger partial charge in [-0.3, -0.25) is 4.79 Å². The number of carbonyl (C=O) groups excluding carboxylic acids is 2. The quantitative estimate of drug-likeness (QED) is 0.413. The Balaban J connectivity index is 1.45. The minimum atomic E-state index is -3.80. The summed E-state index contributed by atoms with van der Waals surface area (Å²) in [6, 6.07) is 12.3. The number of amides is 1. The van der Waals surface area contributed by atoms with Crippen LogP contribution in [0.5, 0.6) is 5.75 Å². The number of sulfonamides is 1. The van der Waals surface area contributed by atoms with E-state index in [0.717, 1.165) is 24.1 Å². The lowest BCUT2D eigenvalue weighted by Gasteiger charge is -2.31. The molecule has 0 radical (unpaired) electrons. The molecule has 0 aromatic heterocycles. The Morgan fingerprint density at radius 3 is 2.58 bits per heavy atom. The molecule has 2 aromatic carbocycles. The summed E-state index contributed by atoms with van der Waals surface area (Å²) in [6.07, 6.45) is 3.41. The highest BCUT2D eigenvalue weighted by molar-refractivity contribution is 7.89. The van der Waals surface area contributed by atoms with Gasteiger partial charge in [0.25, 0.3) is 5.91 Å². The van der Waals surface area contributed by atoms with Gasteiger partial charge in [0.2, 0.25) is 10.0 Å². The van der Waals surface area contributed by atoms with Crippen molar-refractivity contribution in [3.05, 3.63) is 59.7 Å². The van der Waals surface area contributed by atoms with Gasteiger partial charge >= 0.3 is 5.97 Å². The van der Waals surface area contributed by atoms with E-state index in [4.69, 9.17) is 14.2 Å². The summed E-state index contributed by atoms with van der Waals surface area (Å²) in [5, 5.41) is 0.